The third-order valence-corrected chi connectivity index (χ3v) is 2.98. The van der Waals surface area contributed by atoms with Gasteiger partial charge in [0.15, 0.2) is 0 Å². The van der Waals surface area contributed by atoms with Gasteiger partial charge in [-0.15, -0.1) is 0 Å². The molecule has 0 amide bonds. The summed E-state index contributed by atoms with van der Waals surface area (Å²) < 4.78 is 5.77. The van der Waals surface area contributed by atoms with Crippen molar-refractivity contribution in [3.63, 3.8) is 0 Å². The third kappa shape index (κ3) is 3.24. The molecule has 0 bridgehead atoms. The maximum atomic E-state index is 9.12. The predicted octanol–water partition coefficient (Wildman–Crippen LogP) is 2.89. The molecule has 0 heterocycles. The molecular formula is C13H18O2. The van der Waals surface area contributed by atoms with E-state index in [1.165, 1.54) is 31.2 Å². The second-order valence-electron chi connectivity index (χ2n) is 4.19. The van der Waals surface area contributed by atoms with E-state index in [4.69, 9.17) is 9.84 Å². The van der Waals surface area contributed by atoms with E-state index in [2.05, 4.69) is 0 Å². The molecule has 0 saturated heterocycles. The molecule has 0 spiro atoms. The van der Waals surface area contributed by atoms with Crippen LogP contribution in [0.1, 0.15) is 31.2 Å². The number of hydrogen-bond donors (Lipinski definition) is 1. The number of hydrogen-bond acceptors (Lipinski definition) is 2. The fourth-order valence-corrected chi connectivity index (χ4v) is 2.06. The van der Waals surface area contributed by atoms with Crippen LogP contribution in [-0.4, -0.2) is 17.8 Å². The van der Waals surface area contributed by atoms with Gasteiger partial charge in [0.25, 0.3) is 0 Å². The van der Waals surface area contributed by atoms with Crippen molar-refractivity contribution in [2.75, 3.05) is 6.61 Å². The number of phenolic OH excluding ortho intramolecular Hbond substituents is 1. The van der Waals surface area contributed by atoms with Crippen LogP contribution in [-0.2, 0) is 11.2 Å². The lowest BCUT2D eigenvalue weighted by Gasteiger charge is -2.10. The minimum absolute atomic E-state index is 0.329. The summed E-state index contributed by atoms with van der Waals surface area (Å²) in [6, 6.07) is 7.36. The number of phenols is 1. The van der Waals surface area contributed by atoms with E-state index in [9.17, 15) is 0 Å². The highest BCUT2D eigenvalue weighted by atomic mass is 16.5. The highest BCUT2D eigenvalue weighted by Gasteiger charge is 2.14. The van der Waals surface area contributed by atoms with Crippen molar-refractivity contribution in [1.82, 2.24) is 0 Å². The Bertz CT molecular complexity index is 286. The Morgan fingerprint density at radius 1 is 1.13 bits per heavy atom. The van der Waals surface area contributed by atoms with Gasteiger partial charge >= 0.3 is 0 Å². The lowest BCUT2D eigenvalue weighted by Crippen LogP contribution is -2.09. The lowest BCUT2D eigenvalue weighted by atomic mass is 10.1. The highest BCUT2D eigenvalue weighted by molar-refractivity contribution is 5.25. The van der Waals surface area contributed by atoms with Crippen LogP contribution in [0.4, 0.5) is 0 Å². The first-order chi connectivity index (χ1) is 7.34. The Morgan fingerprint density at radius 3 is 2.47 bits per heavy atom. The van der Waals surface area contributed by atoms with Gasteiger partial charge < -0.3 is 9.84 Å². The Labute approximate surface area is 90.9 Å². The van der Waals surface area contributed by atoms with Gasteiger partial charge in [-0.05, 0) is 37.0 Å². The molecule has 0 unspecified atom stereocenters. The summed E-state index contributed by atoms with van der Waals surface area (Å²) >= 11 is 0. The van der Waals surface area contributed by atoms with E-state index < -0.39 is 0 Å². The van der Waals surface area contributed by atoms with Crippen molar-refractivity contribution in [1.29, 1.82) is 0 Å². The molecule has 1 aromatic rings. The van der Waals surface area contributed by atoms with E-state index >= 15 is 0 Å². The van der Waals surface area contributed by atoms with Crippen LogP contribution >= 0.6 is 0 Å². The summed E-state index contributed by atoms with van der Waals surface area (Å²) in [4.78, 5) is 0. The molecule has 2 heteroatoms. The van der Waals surface area contributed by atoms with Gasteiger partial charge in [0.05, 0.1) is 12.7 Å². The number of aromatic hydroxyl groups is 1. The zero-order chi connectivity index (χ0) is 10.5. The summed E-state index contributed by atoms with van der Waals surface area (Å²) in [5.41, 5.74) is 1.23. The largest absolute Gasteiger partial charge is 0.508 e. The van der Waals surface area contributed by atoms with E-state index in [1.54, 1.807) is 12.1 Å². The molecule has 2 nitrogen and oxygen atoms in total. The Kier molecular flexibility index (Phi) is 3.62. The average Bonchev–Trinajstić information content (AvgIpc) is 2.74. The molecule has 1 N–H and O–H groups in total. The zero-order valence-corrected chi connectivity index (χ0v) is 8.98. The average molecular weight is 206 g/mol. The Hall–Kier alpha value is -1.02. The van der Waals surface area contributed by atoms with E-state index in [1.807, 2.05) is 12.1 Å². The molecular weight excluding hydrogens is 188 g/mol. The number of benzene rings is 1. The van der Waals surface area contributed by atoms with E-state index in [-0.39, 0.29) is 0 Å². The van der Waals surface area contributed by atoms with Gasteiger partial charge in [0, 0.05) is 0 Å². The predicted molar refractivity (Wildman–Crippen MR) is 60.0 cm³/mol. The number of ether oxygens (including phenoxy) is 1. The first kappa shape index (κ1) is 10.5. The van der Waals surface area contributed by atoms with Crippen molar-refractivity contribution >= 4 is 0 Å². The van der Waals surface area contributed by atoms with Crippen molar-refractivity contribution in [2.45, 2.75) is 38.2 Å². The van der Waals surface area contributed by atoms with Crippen LogP contribution in [0.25, 0.3) is 0 Å². The second-order valence-corrected chi connectivity index (χ2v) is 4.19. The first-order valence-corrected chi connectivity index (χ1v) is 5.74. The van der Waals surface area contributed by atoms with Crippen LogP contribution in [0.3, 0.4) is 0 Å². The molecule has 2 rings (SSSR count). The van der Waals surface area contributed by atoms with Crippen LogP contribution in [0, 0.1) is 0 Å². The minimum atomic E-state index is 0.329. The zero-order valence-electron chi connectivity index (χ0n) is 8.98. The molecule has 0 atom stereocenters. The normalized spacial score (nSPS) is 17.1. The van der Waals surface area contributed by atoms with Gasteiger partial charge in [0.2, 0.25) is 0 Å². The summed E-state index contributed by atoms with van der Waals surface area (Å²) in [5, 5.41) is 9.12. The Morgan fingerprint density at radius 2 is 1.80 bits per heavy atom. The highest BCUT2D eigenvalue weighted by Crippen LogP contribution is 2.21. The molecule has 0 radical (unpaired) electrons. The molecule has 1 saturated carbocycles. The molecule has 15 heavy (non-hydrogen) atoms. The molecule has 1 aromatic carbocycles. The van der Waals surface area contributed by atoms with Gasteiger partial charge in [-0.2, -0.15) is 0 Å². The summed E-state index contributed by atoms with van der Waals surface area (Å²) in [5.74, 6) is 0.329. The van der Waals surface area contributed by atoms with Gasteiger partial charge in [0.1, 0.15) is 5.75 Å². The fraction of sp³-hybridized carbons (Fsp3) is 0.538. The van der Waals surface area contributed by atoms with Crippen molar-refractivity contribution < 1.29 is 9.84 Å². The van der Waals surface area contributed by atoms with Crippen LogP contribution < -0.4 is 0 Å². The van der Waals surface area contributed by atoms with Gasteiger partial charge in [-0.3, -0.25) is 0 Å². The van der Waals surface area contributed by atoms with Gasteiger partial charge in [-0.25, -0.2) is 0 Å². The first-order valence-electron chi connectivity index (χ1n) is 5.74. The Balaban J connectivity index is 1.71. The van der Waals surface area contributed by atoms with Crippen LogP contribution in [0.5, 0.6) is 5.75 Å². The topological polar surface area (TPSA) is 29.5 Å². The summed E-state index contributed by atoms with van der Waals surface area (Å²) in [6.07, 6.45) is 6.55. The molecule has 1 aliphatic carbocycles. The monoisotopic (exact) mass is 206 g/mol. The van der Waals surface area contributed by atoms with E-state index in [0.29, 0.717) is 11.9 Å². The molecule has 0 aromatic heterocycles. The molecule has 1 aliphatic rings. The van der Waals surface area contributed by atoms with Crippen molar-refractivity contribution in [3.8, 4) is 5.75 Å². The minimum Gasteiger partial charge on any atom is -0.508 e. The lowest BCUT2D eigenvalue weighted by molar-refractivity contribution is 0.0606. The van der Waals surface area contributed by atoms with Crippen LogP contribution in [0.2, 0.25) is 0 Å². The van der Waals surface area contributed by atoms with Gasteiger partial charge in [-0.1, -0.05) is 25.0 Å². The standard InChI is InChI=1S/C13H18O2/c14-12-7-5-11(6-8-12)9-10-15-13-3-1-2-4-13/h5-8,13-14H,1-4,9-10H2. The fourth-order valence-electron chi connectivity index (χ4n) is 2.06. The molecule has 82 valence electrons. The molecule has 0 aliphatic heterocycles. The van der Waals surface area contributed by atoms with Crippen molar-refractivity contribution in [2.24, 2.45) is 0 Å². The summed E-state index contributed by atoms with van der Waals surface area (Å²) in [6.45, 7) is 0.801. The number of rotatable bonds is 4. The maximum Gasteiger partial charge on any atom is 0.115 e. The van der Waals surface area contributed by atoms with Crippen molar-refractivity contribution in [3.05, 3.63) is 29.8 Å². The van der Waals surface area contributed by atoms with Crippen LogP contribution in [0.15, 0.2) is 24.3 Å². The maximum absolute atomic E-state index is 9.12. The summed E-state index contributed by atoms with van der Waals surface area (Å²) in [7, 11) is 0. The quantitative estimate of drug-likeness (QED) is 0.820. The SMILES string of the molecule is Oc1ccc(CCOC2CCCC2)cc1. The smallest absolute Gasteiger partial charge is 0.115 e. The second kappa shape index (κ2) is 5.17. The molecule has 1 fully saturated rings. The van der Waals surface area contributed by atoms with E-state index in [0.717, 1.165) is 13.0 Å². The third-order valence-electron chi connectivity index (χ3n) is 2.98.